The molecule has 0 bridgehead atoms. The Labute approximate surface area is 193 Å². The summed E-state index contributed by atoms with van der Waals surface area (Å²) in [6, 6.07) is 9.32. The summed E-state index contributed by atoms with van der Waals surface area (Å²) in [6.45, 7) is 3.32. The molecule has 1 saturated heterocycles. The van der Waals surface area contributed by atoms with Gasteiger partial charge in [-0.05, 0) is 42.2 Å². The lowest BCUT2D eigenvalue weighted by molar-refractivity contribution is 0.0596. The molecule has 1 aliphatic heterocycles. The molecule has 8 heteroatoms. The van der Waals surface area contributed by atoms with E-state index in [0.29, 0.717) is 54.5 Å². The molecule has 1 fully saturated rings. The topological polar surface area (TPSA) is 83.5 Å². The van der Waals surface area contributed by atoms with Gasteiger partial charge >= 0.3 is 12.1 Å². The van der Waals surface area contributed by atoms with E-state index in [0.717, 1.165) is 16.7 Å². The number of rotatable bonds is 9. The van der Waals surface area contributed by atoms with Gasteiger partial charge in [-0.25, -0.2) is 9.59 Å². The number of hydrogen-bond acceptors (Lipinski definition) is 7. The molecule has 176 valence electrons. The van der Waals surface area contributed by atoms with Gasteiger partial charge in [0.2, 0.25) is 0 Å². The van der Waals surface area contributed by atoms with Crippen LogP contribution in [0, 0.1) is 6.92 Å². The predicted octanol–water partition coefficient (Wildman–Crippen LogP) is 4.08. The molecule has 2 aromatic carbocycles. The lowest BCUT2D eigenvalue weighted by atomic mass is 9.90. The van der Waals surface area contributed by atoms with Gasteiger partial charge < -0.3 is 28.6 Å². The van der Waals surface area contributed by atoms with Crippen LogP contribution in [-0.4, -0.2) is 65.1 Å². The summed E-state index contributed by atoms with van der Waals surface area (Å²) in [5, 5.41) is 0. The van der Waals surface area contributed by atoms with Gasteiger partial charge in [-0.15, -0.1) is 0 Å². The minimum absolute atomic E-state index is 0.316. The molecule has 0 N–H and O–H groups in total. The summed E-state index contributed by atoms with van der Waals surface area (Å²) in [7, 11) is 6.01. The highest BCUT2D eigenvalue weighted by molar-refractivity contribution is 6.01. The van der Waals surface area contributed by atoms with Crippen molar-refractivity contribution in [3.63, 3.8) is 0 Å². The van der Waals surface area contributed by atoms with Crippen LogP contribution in [0.3, 0.4) is 0 Å². The van der Waals surface area contributed by atoms with Crippen molar-refractivity contribution in [1.82, 2.24) is 4.90 Å². The van der Waals surface area contributed by atoms with Crippen LogP contribution in [0.1, 0.15) is 33.5 Å². The minimum atomic E-state index is -0.500. The number of cyclic esters (lactones) is 1. The number of esters is 1. The van der Waals surface area contributed by atoms with Crippen LogP contribution in [0.2, 0.25) is 0 Å². The summed E-state index contributed by atoms with van der Waals surface area (Å²) in [6.07, 6.45) is 2.22. The van der Waals surface area contributed by atoms with Crippen LogP contribution in [-0.2, 0) is 9.47 Å². The van der Waals surface area contributed by atoms with Crippen molar-refractivity contribution in [2.24, 2.45) is 0 Å². The Balaban J connectivity index is 2.14. The minimum Gasteiger partial charge on any atom is -0.496 e. The van der Waals surface area contributed by atoms with E-state index in [4.69, 9.17) is 23.7 Å². The quantitative estimate of drug-likeness (QED) is 0.527. The van der Waals surface area contributed by atoms with E-state index in [2.05, 4.69) is 0 Å². The first-order valence-corrected chi connectivity index (χ1v) is 10.6. The maximum Gasteiger partial charge on any atom is 0.409 e. The van der Waals surface area contributed by atoms with Gasteiger partial charge in [0.25, 0.3) is 0 Å². The van der Waals surface area contributed by atoms with Gasteiger partial charge in [-0.3, -0.25) is 0 Å². The Hall–Kier alpha value is -3.68. The SMILES string of the molecule is COC(=O)c1c(/C(=C\CCN2CCOC2=O)c2ccc(OC)c(OC)c2)ccc(C)c1OC. The van der Waals surface area contributed by atoms with Gasteiger partial charge in [-0.1, -0.05) is 24.3 Å². The van der Waals surface area contributed by atoms with E-state index in [-0.39, 0.29) is 6.09 Å². The molecule has 1 amide bonds. The Bertz CT molecular complexity index is 1060. The second-order valence-corrected chi connectivity index (χ2v) is 7.41. The summed E-state index contributed by atoms with van der Waals surface area (Å²) >= 11 is 0. The van der Waals surface area contributed by atoms with Crippen LogP contribution >= 0.6 is 0 Å². The summed E-state index contributed by atoms with van der Waals surface area (Å²) in [5.41, 5.74) is 3.39. The molecule has 0 unspecified atom stereocenters. The lowest BCUT2D eigenvalue weighted by Gasteiger charge is -2.19. The molecular formula is C25H29NO7. The number of methoxy groups -OCH3 is 4. The van der Waals surface area contributed by atoms with Crippen LogP contribution in [0.4, 0.5) is 4.79 Å². The number of amides is 1. The summed E-state index contributed by atoms with van der Waals surface area (Å²) in [4.78, 5) is 26.3. The van der Waals surface area contributed by atoms with Gasteiger partial charge in [-0.2, -0.15) is 0 Å². The van der Waals surface area contributed by atoms with Gasteiger partial charge in [0.1, 0.15) is 17.9 Å². The van der Waals surface area contributed by atoms with E-state index >= 15 is 0 Å². The first kappa shape index (κ1) is 24.0. The highest BCUT2D eigenvalue weighted by atomic mass is 16.6. The second kappa shape index (κ2) is 10.8. The molecule has 0 spiro atoms. The van der Waals surface area contributed by atoms with Crippen LogP contribution in [0.5, 0.6) is 17.2 Å². The highest BCUT2D eigenvalue weighted by Crippen LogP contribution is 2.38. The molecule has 0 aliphatic carbocycles. The molecule has 0 saturated carbocycles. The van der Waals surface area contributed by atoms with Crippen molar-refractivity contribution in [3.8, 4) is 17.2 Å². The zero-order valence-corrected chi connectivity index (χ0v) is 19.6. The molecule has 1 aliphatic rings. The molecule has 0 aromatic heterocycles. The largest absolute Gasteiger partial charge is 0.496 e. The number of ether oxygens (including phenoxy) is 5. The molecule has 0 radical (unpaired) electrons. The fraction of sp³-hybridized carbons (Fsp3) is 0.360. The fourth-order valence-electron chi connectivity index (χ4n) is 3.86. The number of carbonyl (C=O) groups is 2. The van der Waals surface area contributed by atoms with Gasteiger partial charge in [0, 0.05) is 12.1 Å². The molecule has 33 heavy (non-hydrogen) atoms. The monoisotopic (exact) mass is 455 g/mol. The van der Waals surface area contributed by atoms with Crippen molar-refractivity contribution in [2.75, 3.05) is 48.1 Å². The zero-order chi connectivity index (χ0) is 24.0. The zero-order valence-electron chi connectivity index (χ0n) is 19.6. The highest BCUT2D eigenvalue weighted by Gasteiger charge is 2.24. The number of nitrogens with zero attached hydrogens (tertiary/aromatic N) is 1. The number of benzene rings is 2. The molecule has 0 atom stereocenters. The van der Waals surface area contributed by atoms with Crippen molar-refractivity contribution in [1.29, 1.82) is 0 Å². The molecule has 2 aromatic rings. The number of aryl methyl sites for hydroxylation is 1. The van der Waals surface area contributed by atoms with E-state index < -0.39 is 5.97 Å². The molecule has 1 heterocycles. The third kappa shape index (κ3) is 5.05. The van der Waals surface area contributed by atoms with E-state index in [9.17, 15) is 9.59 Å². The van der Waals surface area contributed by atoms with Crippen LogP contribution in [0.25, 0.3) is 5.57 Å². The van der Waals surface area contributed by atoms with Gasteiger partial charge in [0.15, 0.2) is 11.5 Å². The van der Waals surface area contributed by atoms with E-state index in [1.165, 1.54) is 14.2 Å². The average Bonchev–Trinajstić information content (AvgIpc) is 3.25. The summed E-state index contributed by atoms with van der Waals surface area (Å²) in [5.74, 6) is 1.10. The van der Waals surface area contributed by atoms with Crippen LogP contribution < -0.4 is 14.2 Å². The Morgan fingerprint density at radius 1 is 1.06 bits per heavy atom. The van der Waals surface area contributed by atoms with Crippen molar-refractivity contribution in [2.45, 2.75) is 13.3 Å². The van der Waals surface area contributed by atoms with Crippen molar-refractivity contribution in [3.05, 3.63) is 58.7 Å². The normalized spacial score (nSPS) is 13.5. The van der Waals surface area contributed by atoms with E-state index in [1.807, 2.05) is 43.3 Å². The van der Waals surface area contributed by atoms with Gasteiger partial charge in [0.05, 0.1) is 35.0 Å². The predicted molar refractivity (Wildman–Crippen MR) is 123 cm³/mol. The van der Waals surface area contributed by atoms with Crippen molar-refractivity contribution < 1.29 is 33.3 Å². The molecule has 8 nitrogen and oxygen atoms in total. The Morgan fingerprint density at radius 3 is 2.42 bits per heavy atom. The third-order valence-corrected chi connectivity index (χ3v) is 5.53. The summed E-state index contributed by atoms with van der Waals surface area (Å²) < 4.78 is 26.5. The molecular weight excluding hydrogens is 426 g/mol. The fourth-order valence-corrected chi connectivity index (χ4v) is 3.86. The second-order valence-electron chi connectivity index (χ2n) is 7.41. The first-order valence-electron chi connectivity index (χ1n) is 10.6. The first-order chi connectivity index (χ1) is 15.9. The smallest absolute Gasteiger partial charge is 0.409 e. The third-order valence-electron chi connectivity index (χ3n) is 5.53. The lowest BCUT2D eigenvalue weighted by Crippen LogP contribution is -2.24. The maximum absolute atomic E-state index is 12.8. The van der Waals surface area contributed by atoms with Crippen LogP contribution in [0.15, 0.2) is 36.4 Å². The van der Waals surface area contributed by atoms with E-state index in [1.54, 1.807) is 19.1 Å². The maximum atomic E-state index is 12.8. The number of hydrogen-bond donors (Lipinski definition) is 0. The standard InChI is InChI=1S/C25H29NO7/c1-16-8-10-19(22(23(16)31-4)24(27)32-5)18(7-6-12-26-13-14-33-25(26)28)17-9-11-20(29-2)21(15-17)30-3/h7-11,15H,6,12-14H2,1-5H3/b18-7-. The van der Waals surface area contributed by atoms with Crippen molar-refractivity contribution >= 4 is 17.6 Å². The molecule has 3 rings (SSSR count). The Kier molecular flexibility index (Phi) is 7.82. The Morgan fingerprint density at radius 2 is 1.82 bits per heavy atom. The average molecular weight is 456 g/mol. The number of carbonyl (C=O) groups excluding carboxylic acids is 2.